The van der Waals surface area contributed by atoms with Gasteiger partial charge in [0.25, 0.3) is 0 Å². The fourth-order valence-corrected chi connectivity index (χ4v) is 2.63. The van der Waals surface area contributed by atoms with Gasteiger partial charge in [0.1, 0.15) is 5.75 Å². The summed E-state index contributed by atoms with van der Waals surface area (Å²) in [6, 6.07) is 6.02. The van der Waals surface area contributed by atoms with E-state index in [4.69, 9.17) is 12.2 Å². The van der Waals surface area contributed by atoms with Crippen molar-refractivity contribution in [3.8, 4) is 5.75 Å². The predicted molar refractivity (Wildman–Crippen MR) is 86.2 cm³/mol. The fourth-order valence-electron chi connectivity index (χ4n) is 2.41. The minimum atomic E-state index is 0.254. The van der Waals surface area contributed by atoms with Crippen LogP contribution in [0.15, 0.2) is 23.3 Å². The Labute approximate surface area is 125 Å². The topological polar surface area (TPSA) is 56.7 Å². The molecule has 0 spiro atoms. The van der Waals surface area contributed by atoms with Crippen molar-refractivity contribution in [3.05, 3.63) is 29.3 Å². The Hall–Kier alpha value is -1.62. The Morgan fingerprint density at radius 1 is 1.35 bits per heavy atom. The van der Waals surface area contributed by atoms with E-state index in [1.165, 1.54) is 32.1 Å². The number of hydrazone groups is 1. The highest BCUT2D eigenvalue weighted by atomic mass is 32.1. The largest absolute Gasteiger partial charge is 0.507 e. The molecule has 4 nitrogen and oxygen atoms in total. The quantitative estimate of drug-likeness (QED) is 0.455. The SMILES string of the molecule is Cc1cccc(/C=N/NC(=S)NC2CCCCC2)c1O. The molecule has 0 atom stereocenters. The molecule has 0 bridgehead atoms. The highest BCUT2D eigenvalue weighted by Crippen LogP contribution is 2.19. The maximum atomic E-state index is 9.86. The average Bonchev–Trinajstić information content (AvgIpc) is 2.44. The molecule has 1 aliphatic carbocycles. The van der Waals surface area contributed by atoms with Crippen LogP contribution in [0.25, 0.3) is 0 Å². The second-order valence-corrected chi connectivity index (χ2v) is 5.60. The number of rotatable bonds is 3. The lowest BCUT2D eigenvalue weighted by Crippen LogP contribution is -2.40. The molecule has 2 rings (SSSR count). The maximum absolute atomic E-state index is 9.86. The molecule has 1 saturated carbocycles. The summed E-state index contributed by atoms with van der Waals surface area (Å²) in [6.07, 6.45) is 7.77. The van der Waals surface area contributed by atoms with Crippen molar-refractivity contribution in [1.29, 1.82) is 0 Å². The molecule has 0 unspecified atom stereocenters. The molecule has 0 aliphatic heterocycles. The molecule has 0 aromatic heterocycles. The van der Waals surface area contributed by atoms with Crippen molar-refractivity contribution in [3.63, 3.8) is 0 Å². The molecule has 5 heteroatoms. The smallest absolute Gasteiger partial charge is 0.187 e. The number of aryl methyl sites for hydroxylation is 1. The van der Waals surface area contributed by atoms with E-state index in [1.807, 2.05) is 25.1 Å². The van der Waals surface area contributed by atoms with Gasteiger partial charge in [0, 0.05) is 11.6 Å². The standard InChI is InChI=1S/C15H21N3OS/c1-11-6-5-7-12(14(11)19)10-16-18-15(20)17-13-8-3-2-4-9-13/h5-7,10,13,19H,2-4,8-9H2,1H3,(H2,17,18,20)/b16-10+. The Balaban J connectivity index is 1.83. The Bertz CT molecular complexity index is 496. The van der Waals surface area contributed by atoms with Crippen molar-refractivity contribution in [2.75, 3.05) is 0 Å². The number of aromatic hydroxyl groups is 1. The number of hydrogen-bond donors (Lipinski definition) is 3. The lowest BCUT2D eigenvalue weighted by molar-refractivity contribution is 0.412. The highest BCUT2D eigenvalue weighted by molar-refractivity contribution is 7.80. The zero-order chi connectivity index (χ0) is 14.4. The Morgan fingerprint density at radius 2 is 2.10 bits per heavy atom. The molecular formula is C15H21N3OS. The minimum Gasteiger partial charge on any atom is -0.507 e. The number of nitrogens with zero attached hydrogens (tertiary/aromatic N) is 1. The summed E-state index contributed by atoms with van der Waals surface area (Å²) in [6.45, 7) is 1.86. The number of thiocarbonyl (C=S) groups is 1. The van der Waals surface area contributed by atoms with Crippen molar-refractivity contribution in [2.45, 2.75) is 45.1 Å². The molecule has 1 aromatic rings. The first kappa shape index (κ1) is 14.8. The van der Waals surface area contributed by atoms with Gasteiger partial charge in [-0.05, 0) is 43.6 Å². The molecule has 0 heterocycles. The molecular weight excluding hydrogens is 270 g/mol. The number of nitrogens with one attached hydrogen (secondary N) is 2. The molecule has 1 fully saturated rings. The van der Waals surface area contributed by atoms with Crippen LogP contribution >= 0.6 is 12.2 Å². The summed E-state index contributed by atoms with van der Waals surface area (Å²) < 4.78 is 0. The van der Waals surface area contributed by atoms with E-state index in [9.17, 15) is 5.11 Å². The number of phenols is 1. The first-order chi connectivity index (χ1) is 9.66. The van der Waals surface area contributed by atoms with Gasteiger partial charge in [-0.2, -0.15) is 5.10 Å². The first-order valence-electron chi connectivity index (χ1n) is 7.05. The molecule has 3 N–H and O–H groups in total. The summed E-state index contributed by atoms with van der Waals surface area (Å²) in [5, 5.41) is 17.7. The molecule has 1 aliphatic rings. The van der Waals surface area contributed by atoms with Crippen LogP contribution in [0.4, 0.5) is 0 Å². The van der Waals surface area contributed by atoms with Crippen LogP contribution in [0, 0.1) is 6.92 Å². The van der Waals surface area contributed by atoms with Gasteiger partial charge in [-0.25, -0.2) is 0 Å². The van der Waals surface area contributed by atoms with Crippen molar-refractivity contribution < 1.29 is 5.11 Å². The number of phenolic OH excluding ortho intramolecular Hbond substituents is 1. The fraction of sp³-hybridized carbons (Fsp3) is 0.467. The minimum absolute atomic E-state index is 0.254. The lowest BCUT2D eigenvalue weighted by atomic mass is 9.96. The van der Waals surface area contributed by atoms with Crippen molar-refractivity contribution in [1.82, 2.24) is 10.7 Å². The monoisotopic (exact) mass is 291 g/mol. The zero-order valence-corrected chi connectivity index (χ0v) is 12.5. The Kier molecular flexibility index (Phi) is 5.35. The summed E-state index contributed by atoms with van der Waals surface area (Å²) in [5.74, 6) is 0.254. The summed E-state index contributed by atoms with van der Waals surface area (Å²) >= 11 is 5.21. The molecule has 0 radical (unpaired) electrons. The third-order valence-corrected chi connectivity index (χ3v) is 3.79. The lowest BCUT2D eigenvalue weighted by Gasteiger charge is -2.23. The van der Waals surface area contributed by atoms with Gasteiger partial charge in [-0.3, -0.25) is 5.43 Å². The van der Waals surface area contributed by atoms with Gasteiger partial charge in [-0.1, -0.05) is 31.4 Å². The molecule has 0 saturated heterocycles. The second-order valence-electron chi connectivity index (χ2n) is 5.19. The maximum Gasteiger partial charge on any atom is 0.187 e. The molecule has 0 amide bonds. The van der Waals surface area contributed by atoms with E-state index < -0.39 is 0 Å². The van der Waals surface area contributed by atoms with Gasteiger partial charge in [-0.15, -0.1) is 0 Å². The van der Waals surface area contributed by atoms with Crippen molar-refractivity contribution >= 4 is 23.5 Å². The second kappa shape index (κ2) is 7.24. The van der Waals surface area contributed by atoms with E-state index in [0.29, 0.717) is 16.7 Å². The normalized spacial score (nSPS) is 16.2. The molecule has 108 valence electrons. The van der Waals surface area contributed by atoms with Crippen LogP contribution in [-0.4, -0.2) is 22.5 Å². The van der Waals surface area contributed by atoms with E-state index in [-0.39, 0.29) is 5.75 Å². The Morgan fingerprint density at radius 3 is 2.85 bits per heavy atom. The van der Waals surface area contributed by atoms with E-state index in [0.717, 1.165) is 5.56 Å². The molecule has 20 heavy (non-hydrogen) atoms. The first-order valence-corrected chi connectivity index (χ1v) is 7.46. The number of hydrogen-bond acceptors (Lipinski definition) is 3. The summed E-state index contributed by atoms with van der Waals surface area (Å²) in [4.78, 5) is 0. The zero-order valence-electron chi connectivity index (χ0n) is 11.7. The van der Waals surface area contributed by atoms with E-state index >= 15 is 0 Å². The van der Waals surface area contributed by atoms with Gasteiger partial charge in [0.15, 0.2) is 5.11 Å². The van der Waals surface area contributed by atoms with Crippen LogP contribution in [-0.2, 0) is 0 Å². The van der Waals surface area contributed by atoms with Crippen molar-refractivity contribution in [2.24, 2.45) is 5.10 Å². The van der Waals surface area contributed by atoms with Gasteiger partial charge >= 0.3 is 0 Å². The van der Waals surface area contributed by atoms with Crippen LogP contribution in [0.5, 0.6) is 5.75 Å². The third-order valence-electron chi connectivity index (χ3n) is 3.58. The van der Waals surface area contributed by atoms with Gasteiger partial charge in [0.2, 0.25) is 0 Å². The number of para-hydroxylation sites is 1. The predicted octanol–water partition coefficient (Wildman–Crippen LogP) is 2.83. The summed E-state index contributed by atoms with van der Waals surface area (Å²) in [5.41, 5.74) is 4.31. The van der Waals surface area contributed by atoms with E-state index in [2.05, 4.69) is 15.8 Å². The van der Waals surface area contributed by atoms with Crippen LogP contribution in [0.3, 0.4) is 0 Å². The highest BCUT2D eigenvalue weighted by Gasteiger charge is 2.13. The summed E-state index contributed by atoms with van der Waals surface area (Å²) in [7, 11) is 0. The van der Waals surface area contributed by atoms with Crippen LogP contribution in [0.2, 0.25) is 0 Å². The third kappa shape index (κ3) is 4.20. The van der Waals surface area contributed by atoms with Crippen LogP contribution in [0.1, 0.15) is 43.2 Å². The van der Waals surface area contributed by atoms with Gasteiger partial charge in [0.05, 0.1) is 6.21 Å². The van der Waals surface area contributed by atoms with Gasteiger partial charge < -0.3 is 10.4 Å². The number of benzene rings is 1. The average molecular weight is 291 g/mol. The van der Waals surface area contributed by atoms with E-state index in [1.54, 1.807) is 6.21 Å². The van der Waals surface area contributed by atoms with Crippen LogP contribution < -0.4 is 10.7 Å². The molecule has 1 aromatic carbocycles.